The molecule has 0 saturated carbocycles. The molecule has 0 saturated heterocycles. The van der Waals surface area contributed by atoms with E-state index in [1.54, 1.807) is 18.2 Å². The number of hydrogen-bond acceptors (Lipinski definition) is 4. The Morgan fingerprint density at radius 1 is 1.20 bits per heavy atom. The van der Waals surface area contributed by atoms with Crippen LogP contribution in [-0.2, 0) is 10.0 Å². The third kappa shape index (κ3) is 3.15. The lowest BCUT2D eigenvalue weighted by atomic mass is 10.2. The molecular weight excluding hydrogens is 300 g/mol. The van der Waals surface area contributed by atoms with Gasteiger partial charge in [-0.15, -0.1) is 0 Å². The van der Waals surface area contributed by atoms with Crippen LogP contribution in [0.3, 0.4) is 0 Å². The minimum absolute atomic E-state index is 0.0696. The number of hydrogen-bond donors (Lipinski definition) is 2. The summed E-state index contributed by atoms with van der Waals surface area (Å²) in [6.07, 6.45) is 0. The Hall–Kier alpha value is -1.92. The van der Waals surface area contributed by atoms with Gasteiger partial charge in [0.1, 0.15) is 5.75 Å². The molecule has 0 aromatic heterocycles. The molecule has 0 aliphatic carbocycles. The van der Waals surface area contributed by atoms with Crippen LogP contribution >= 0.6 is 11.6 Å². The van der Waals surface area contributed by atoms with Gasteiger partial charge in [0.15, 0.2) is 0 Å². The van der Waals surface area contributed by atoms with Gasteiger partial charge in [0.25, 0.3) is 10.0 Å². The zero-order valence-corrected chi connectivity index (χ0v) is 12.2. The molecule has 106 valence electrons. The molecule has 2 aromatic rings. The average molecular weight is 313 g/mol. The minimum atomic E-state index is -3.73. The summed E-state index contributed by atoms with van der Waals surface area (Å²) in [5, 5.41) is 0.343. The molecule has 0 unspecified atom stereocenters. The van der Waals surface area contributed by atoms with Gasteiger partial charge in [-0.3, -0.25) is 4.72 Å². The number of benzene rings is 2. The van der Waals surface area contributed by atoms with E-state index in [4.69, 9.17) is 22.1 Å². The first-order valence-electron chi connectivity index (χ1n) is 5.64. The monoisotopic (exact) mass is 312 g/mol. The minimum Gasteiger partial charge on any atom is -0.497 e. The van der Waals surface area contributed by atoms with Gasteiger partial charge in [-0.1, -0.05) is 17.7 Å². The van der Waals surface area contributed by atoms with E-state index >= 15 is 0 Å². The summed E-state index contributed by atoms with van der Waals surface area (Å²) in [6.45, 7) is 0. The lowest BCUT2D eigenvalue weighted by molar-refractivity contribution is 0.415. The van der Waals surface area contributed by atoms with Gasteiger partial charge in [-0.05, 0) is 30.3 Å². The second-order valence-electron chi connectivity index (χ2n) is 4.02. The van der Waals surface area contributed by atoms with Crippen LogP contribution in [0.5, 0.6) is 5.75 Å². The van der Waals surface area contributed by atoms with Crippen LogP contribution in [0.4, 0.5) is 11.4 Å². The third-order valence-electron chi connectivity index (χ3n) is 2.61. The van der Waals surface area contributed by atoms with E-state index in [0.717, 1.165) is 0 Å². The highest BCUT2D eigenvalue weighted by molar-refractivity contribution is 7.92. The van der Waals surface area contributed by atoms with Crippen molar-refractivity contribution >= 4 is 33.0 Å². The summed E-state index contributed by atoms with van der Waals surface area (Å²) >= 11 is 5.79. The Bertz CT molecular complexity index is 732. The van der Waals surface area contributed by atoms with Crippen molar-refractivity contribution in [3.8, 4) is 5.75 Å². The number of halogens is 1. The van der Waals surface area contributed by atoms with Gasteiger partial charge in [0, 0.05) is 11.1 Å². The topological polar surface area (TPSA) is 81.4 Å². The Kier molecular flexibility index (Phi) is 4.06. The number of methoxy groups -OCH3 is 1. The SMILES string of the molecule is COc1ccc(NS(=O)(=O)c2cccc(Cl)c2)c(N)c1. The van der Waals surface area contributed by atoms with Crippen molar-refractivity contribution in [2.75, 3.05) is 17.6 Å². The molecule has 0 fully saturated rings. The zero-order chi connectivity index (χ0) is 14.8. The van der Waals surface area contributed by atoms with E-state index < -0.39 is 10.0 Å². The first-order chi connectivity index (χ1) is 9.42. The fraction of sp³-hybridized carbons (Fsp3) is 0.0769. The van der Waals surface area contributed by atoms with E-state index in [-0.39, 0.29) is 16.3 Å². The summed E-state index contributed by atoms with van der Waals surface area (Å²) in [5.74, 6) is 0.549. The van der Waals surface area contributed by atoms with Gasteiger partial charge in [0.05, 0.1) is 23.4 Å². The van der Waals surface area contributed by atoms with Gasteiger partial charge in [-0.25, -0.2) is 8.42 Å². The molecule has 0 bridgehead atoms. The van der Waals surface area contributed by atoms with Crippen LogP contribution in [0.1, 0.15) is 0 Å². The van der Waals surface area contributed by atoms with E-state index in [1.807, 2.05) is 0 Å². The molecule has 2 aromatic carbocycles. The van der Waals surface area contributed by atoms with E-state index in [1.165, 1.54) is 31.4 Å². The number of nitrogens with two attached hydrogens (primary N) is 1. The zero-order valence-electron chi connectivity index (χ0n) is 10.6. The van der Waals surface area contributed by atoms with Crippen molar-refractivity contribution in [1.29, 1.82) is 0 Å². The molecule has 2 rings (SSSR count). The quantitative estimate of drug-likeness (QED) is 0.851. The van der Waals surface area contributed by atoms with Crippen molar-refractivity contribution in [2.45, 2.75) is 4.90 Å². The molecule has 0 amide bonds. The second kappa shape index (κ2) is 5.60. The van der Waals surface area contributed by atoms with Crippen LogP contribution in [-0.4, -0.2) is 15.5 Å². The normalized spacial score (nSPS) is 11.1. The molecule has 5 nitrogen and oxygen atoms in total. The Morgan fingerprint density at radius 2 is 1.95 bits per heavy atom. The molecular formula is C13H13ClN2O3S. The maximum atomic E-state index is 12.2. The molecule has 0 aliphatic rings. The number of ether oxygens (including phenoxy) is 1. The van der Waals surface area contributed by atoms with Crippen LogP contribution in [0.2, 0.25) is 5.02 Å². The van der Waals surface area contributed by atoms with Crippen LogP contribution in [0, 0.1) is 0 Å². The van der Waals surface area contributed by atoms with Crippen LogP contribution < -0.4 is 15.2 Å². The highest BCUT2D eigenvalue weighted by Crippen LogP contribution is 2.27. The molecule has 0 atom stereocenters. The van der Waals surface area contributed by atoms with Gasteiger partial charge < -0.3 is 10.5 Å². The maximum absolute atomic E-state index is 12.2. The van der Waals surface area contributed by atoms with E-state index in [2.05, 4.69) is 4.72 Å². The molecule has 0 spiro atoms. The van der Waals surface area contributed by atoms with Crippen molar-refractivity contribution in [3.63, 3.8) is 0 Å². The lowest BCUT2D eigenvalue weighted by Gasteiger charge is -2.11. The fourth-order valence-electron chi connectivity index (χ4n) is 1.60. The van der Waals surface area contributed by atoms with Crippen molar-refractivity contribution in [3.05, 3.63) is 47.5 Å². The second-order valence-corrected chi connectivity index (χ2v) is 6.13. The van der Waals surface area contributed by atoms with E-state index in [9.17, 15) is 8.42 Å². The van der Waals surface area contributed by atoms with Crippen molar-refractivity contribution in [1.82, 2.24) is 0 Å². The number of rotatable bonds is 4. The highest BCUT2D eigenvalue weighted by Gasteiger charge is 2.16. The summed E-state index contributed by atoms with van der Waals surface area (Å²) < 4.78 is 31.8. The fourth-order valence-corrected chi connectivity index (χ4v) is 2.99. The molecule has 0 heterocycles. The van der Waals surface area contributed by atoms with Crippen LogP contribution in [0.15, 0.2) is 47.4 Å². The number of sulfonamides is 1. The Balaban J connectivity index is 2.33. The van der Waals surface area contributed by atoms with Gasteiger partial charge >= 0.3 is 0 Å². The number of nitrogens with one attached hydrogen (secondary N) is 1. The molecule has 0 radical (unpaired) electrons. The Morgan fingerprint density at radius 3 is 2.55 bits per heavy atom. The predicted octanol–water partition coefficient (Wildman–Crippen LogP) is 2.73. The van der Waals surface area contributed by atoms with Crippen molar-refractivity contribution in [2.24, 2.45) is 0 Å². The third-order valence-corrected chi connectivity index (χ3v) is 4.21. The first-order valence-corrected chi connectivity index (χ1v) is 7.50. The largest absolute Gasteiger partial charge is 0.497 e. The maximum Gasteiger partial charge on any atom is 0.262 e. The average Bonchev–Trinajstić information content (AvgIpc) is 2.41. The van der Waals surface area contributed by atoms with Gasteiger partial charge in [-0.2, -0.15) is 0 Å². The smallest absolute Gasteiger partial charge is 0.262 e. The summed E-state index contributed by atoms with van der Waals surface area (Å²) in [5.41, 5.74) is 6.34. The standard InChI is InChI=1S/C13H13ClN2O3S/c1-19-10-5-6-13(12(15)8-10)16-20(17,18)11-4-2-3-9(14)7-11/h2-8,16H,15H2,1H3. The van der Waals surface area contributed by atoms with E-state index in [0.29, 0.717) is 10.8 Å². The summed E-state index contributed by atoms with van der Waals surface area (Å²) in [4.78, 5) is 0.0696. The highest BCUT2D eigenvalue weighted by atomic mass is 35.5. The predicted molar refractivity (Wildman–Crippen MR) is 79.7 cm³/mol. The molecule has 3 N–H and O–H groups in total. The summed E-state index contributed by atoms with van der Waals surface area (Å²) in [7, 11) is -2.23. The molecule has 7 heteroatoms. The molecule has 20 heavy (non-hydrogen) atoms. The Labute approximate surface area is 122 Å². The summed E-state index contributed by atoms with van der Waals surface area (Å²) in [6, 6.07) is 10.7. The van der Waals surface area contributed by atoms with Gasteiger partial charge in [0.2, 0.25) is 0 Å². The number of nitrogen functional groups attached to an aromatic ring is 1. The van der Waals surface area contributed by atoms with Crippen LogP contribution in [0.25, 0.3) is 0 Å². The lowest BCUT2D eigenvalue weighted by Crippen LogP contribution is -2.14. The van der Waals surface area contributed by atoms with Crippen molar-refractivity contribution < 1.29 is 13.2 Å². The number of anilines is 2. The first kappa shape index (κ1) is 14.5. The molecule has 0 aliphatic heterocycles.